The third-order valence-corrected chi connectivity index (χ3v) is 6.53. The molecule has 5 N–H and O–H groups in total. The third kappa shape index (κ3) is 26.4. The number of rotatable bonds is 29. The van der Waals surface area contributed by atoms with Gasteiger partial charge in [-0.05, 0) is 24.7 Å². The van der Waals surface area contributed by atoms with Gasteiger partial charge in [-0.2, -0.15) is 0 Å². The number of esters is 2. The summed E-state index contributed by atoms with van der Waals surface area (Å²) in [5.41, 5.74) is 0. The van der Waals surface area contributed by atoms with Crippen LogP contribution in [0.1, 0.15) is 85.5 Å². The van der Waals surface area contributed by atoms with Crippen LogP contribution < -0.4 is 26.6 Å². The van der Waals surface area contributed by atoms with Crippen LogP contribution in [0, 0.1) is 11.8 Å². The molecule has 0 saturated heterocycles. The second kappa shape index (κ2) is 28.7. The molecule has 0 aliphatic rings. The van der Waals surface area contributed by atoms with Crippen LogP contribution >= 0.6 is 0 Å². The molecule has 0 amide bonds. The summed E-state index contributed by atoms with van der Waals surface area (Å²) in [7, 11) is 0. The minimum absolute atomic E-state index is 0.100. The highest BCUT2D eigenvalue weighted by molar-refractivity contribution is 5.69. The molecule has 0 aliphatic heterocycles. The zero-order valence-electron chi connectivity index (χ0n) is 25.1. The molecule has 226 valence electrons. The molecule has 0 saturated carbocycles. The van der Waals surface area contributed by atoms with E-state index in [-0.39, 0.29) is 11.9 Å². The molecule has 0 rings (SSSR count). The topological polar surface area (TPSA) is 113 Å². The van der Waals surface area contributed by atoms with Gasteiger partial charge in [0.2, 0.25) is 0 Å². The quantitative estimate of drug-likeness (QED) is 0.0718. The van der Waals surface area contributed by atoms with Gasteiger partial charge < -0.3 is 36.1 Å². The first-order valence-corrected chi connectivity index (χ1v) is 15.4. The fraction of sp³-hybridized carbons (Fsp3) is 0.931. The van der Waals surface area contributed by atoms with Crippen molar-refractivity contribution >= 4 is 11.9 Å². The van der Waals surface area contributed by atoms with Gasteiger partial charge in [-0.25, -0.2) is 0 Å². The average molecular weight is 544 g/mol. The second-order valence-electron chi connectivity index (χ2n) is 10.3. The second-order valence-corrected chi connectivity index (χ2v) is 10.3. The zero-order valence-corrected chi connectivity index (χ0v) is 25.1. The summed E-state index contributed by atoms with van der Waals surface area (Å²) in [4.78, 5) is 23.6. The van der Waals surface area contributed by atoms with Gasteiger partial charge in [0.15, 0.2) is 0 Å². The maximum Gasteiger partial charge on any atom is 0.307 e. The summed E-state index contributed by atoms with van der Waals surface area (Å²) >= 11 is 0. The Morgan fingerprint density at radius 1 is 0.579 bits per heavy atom. The highest BCUT2D eigenvalue weighted by Gasteiger charge is 2.10. The Hall–Kier alpha value is -1.26. The first-order valence-electron chi connectivity index (χ1n) is 15.4. The van der Waals surface area contributed by atoms with Crippen LogP contribution in [0.3, 0.4) is 0 Å². The van der Waals surface area contributed by atoms with Gasteiger partial charge in [-0.15, -0.1) is 0 Å². The molecule has 38 heavy (non-hydrogen) atoms. The minimum Gasteiger partial charge on any atom is -0.465 e. The Balaban J connectivity index is 3.31. The fourth-order valence-electron chi connectivity index (χ4n) is 3.84. The molecule has 0 heterocycles. The molecule has 0 fully saturated rings. The van der Waals surface area contributed by atoms with Gasteiger partial charge in [0.05, 0.1) is 26.1 Å². The lowest BCUT2D eigenvalue weighted by molar-refractivity contribution is -0.145. The van der Waals surface area contributed by atoms with Crippen LogP contribution in [0.4, 0.5) is 0 Å². The van der Waals surface area contributed by atoms with Gasteiger partial charge in [0, 0.05) is 65.4 Å². The van der Waals surface area contributed by atoms with Gasteiger partial charge >= 0.3 is 11.9 Å². The molecule has 0 radical (unpaired) electrons. The van der Waals surface area contributed by atoms with Crippen molar-refractivity contribution in [1.29, 1.82) is 0 Å². The van der Waals surface area contributed by atoms with Crippen molar-refractivity contribution in [2.24, 2.45) is 11.8 Å². The smallest absolute Gasteiger partial charge is 0.307 e. The Morgan fingerprint density at radius 2 is 0.974 bits per heavy atom. The van der Waals surface area contributed by atoms with E-state index in [9.17, 15) is 9.59 Å². The summed E-state index contributed by atoms with van der Waals surface area (Å²) in [6.45, 7) is 18.2. The summed E-state index contributed by atoms with van der Waals surface area (Å²) < 4.78 is 10.8. The molecule has 0 aliphatic carbocycles. The maximum atomic E-state index is 11.9. The highest BCUT2D eigenvalue weighted by Crippen LogP contribution is 2.13. The number of hydrogen-bond donors (Lipinski definition) is 5. The SMILES string of the molecule is CCCCC(C)COC(=O)CCNCCNCCNCCNCCNCCC(=O)OCC(CC)CCCC. The van der Waals surface area contributed by atoms with Crippen LogP contribution in [0.15, 0.2) is 0 Å². The Bertz CT molecular complexity index is 539. The highest BCUT2D eigenvalue weighted by atomic mass is 16.5. The zero-order chi connectivity index (χ0) is 28.1. The van der Waals surface area contributed by atoms with Crippen molar-refractivity contribution < 1.29 is 19.1 Å². The predicted molar refractivity (Wildman–Crippen MR) is 157 cm³/mol. The van der Waals surface area contributed by atoms with Crippen molar-refractivity contribution in [2.75, 3.05) is 78.7 Å². The van der Waals surface area contributed by atoms with E-state index >= 15 is 0 Å². The number of carbonyl (C=O) groups is 2. The summed E-state index contributed by atoms with van der Waals surface area (Å²) in [6, 6.07) is 0. The Labute approximate surface area is 233 Å². The van der Waals surface area contributed by atoms with E-state index in [1.807, 2.05) is 0 Å². The van der Waals surface area contributed by atoms with Gasteiger partial charge in [0.1, 0.15) is 0 Å². The van der Waals surface area contributed by atoms with E-state index in [0.29, 0.717) is 51.0 Å². The fourth-order valence-corrected chi connectivity index (χ4v) is 3.84. The van der Waals surface area contributed by atoms with E-state index < -0.39 is 0 Å². The molecule has 9 heteroatoms. The first-order chi connectivity index (χ1) is 18.5. The van der Waals surface area contributed by atoms with E-state index in [0.717, 1.165) is 71.6 Å². The summed E-state index contributed by atoms with van der Waals surface area (Å²) in [5, 5.41) is 16.8. The number of ether oxygens (including phenoxy) is 2. The van der Waals surface area contributed by atoms with Crippen molar-refractivity contribution in [3.63, 3.8) is 0 Å². The van der Waals surface area contributed by atoms with E-state index in [2.05, 4.69) is 54.3 Å². The standard InChI is InChI=1S/C29H61N5O4/c1-5-8-10-26(4)24-37-28(35)12-14-30-16-18-32-20-22-34-23-21-33-19-17-31-15-13-29(36)38-25-27(7-3)11-9-6-2/h26-27,30-34H,5-25H2,1-4H3. The van der Waals surface area contributed by atoms with Crippen LogP contribution in [-0.4, -0.2) is 90.6 Å². The molecule has 0 aromatic heterocycles. The van der Waals surface area contributed by atoms with Gasteiger partial charge in [0.25, 0.3) is 0 Å². The minimum atomic E-state index is -0.110. The van der Waals surface area contributed by atoms with Crippen molar-refractivity contribution in [3.8, 4) is 0 Å². The first kappa shape index (κ1) is 36.7. The number of hydrogen-bond acceptors (Lipinski definition) is 9. The molecular weight excluding hydrogens is 482 g/mol. The Kier molecular flexibility index (Phi) is 27.8. The molecule has 0 aromatic carbocycles. The molecular formula is C29H61N5O4. The van der Waals surface area contributed by atoms with Crippen LogP contribution in [0.25, 0.3) is 0 Å². The van der Waals surface area contributed by atoms with Crippen molar-refractivity contribution in [3.05, 3.63) is 0 Å². The van der Waals surface area contributed by atoms with Crippen LogP contribution in [0.5, 0.6) is 0 Å². The monoisotopic (exact) mass is 543 g/mol. The summed E-state index contributed by atoms with van der Waals surface area (Å²) in [5.74, 6) is 0.738. The van der Waals surface area contributed by atoms with E-state index in [4.69, 9.17) is 9.47 Å². The lowest BCUT2D eigenvalue weighted by atomic mass is 10.0. The Morgan fingerprint density at radius 3 is 1.39 bits per heavy atom. The van der Waals surface area contributed by atoms with E-state index in [1.54, 1.807) is 0 Å². The van der Waals surface area contributed by atoms with Gasteiger partial charge in [-0.1, -0.05) is 59.8 Å². The molecule has 0 spiro atoms. The molecule has 9 nitrogen and oxygen atoms in total. The van der Waals surface area contributed by atoms with Crippen molar-refractivity contribution in [1.82, 2.24) is 26.6 Å². The van der Waals surface area contributed by atoms with E-state index in [1.165, 1.54) is 25.7 Å². The number of unbranched alkanes of at least 4 members (excludes halogenated alkanes) is 2. The maximum absolute atomic E-state index is 11.9. The molecule has 0 bridgehead atoms. The summed E-state index contributed by atoms with van der Waals surface area (Å²) in [6.07, 6.45) is 8.96. The number of nitrogens with one attached hydrogen (secondary N) is 5. The molecule has 0 aromatic rings. The molecule has 2 unspecified atom stereocenters. The lowest BCUT2D eigenvalue weighted by Crippen LogP contribution is -2.36. The molecule has 2 atom stereocenters. The lowest BCUT2D eigenvalue weighted by Gasteiger charge is -2.14. The predicted octanol–water partition coefficient (Wildman–Crippen LogP) is 2.84. The largest absolute Gasteiger partial charge is 0.465 e. The van der Waals surface area contributed by atoms with Crippen LogP contribution in [0.2, 0.25) is 0 Å². The van der Waals surface area contributed by atoms with Crippen LogP contribution in [-0.2, 0) is 19.1 Å². The van der Waals surface area contributed by atoms with Gasteiger partial charge in [-0.3, -0.25) is 9.59 Å². The normalized spacial score (nSPS) is 12.8. The van der Waals surface area contributed by atoms with Crippen molar-refractivity contribution in [2.45, 2.75) is 85.5 Å². The third-order valence-electron chi connectivity index (χ3n) is 6.53. The average Bonchev–Trinajstić information content (AvgIpc) is 2.92. The number of carbonyl (C=O) groups excluding carboxylic acids is 2.